The summed E-state index contributed by atoms with van der Waals surface area (Å²) in [6.07, 6.45) is 0.922. The second-order valence-electron chi connectivity index (χ2n) is 4.61. The summed E-state index contributed by atoms with van der Waals surface area (Å²) in [5, 5.41) is 10.5. The number of benzene rings is 1. The third-order valence-electron chi connectivity index (χ3n) is 3.50. The van der Waals surface area contributed by atoms with Gasteiger partial charge < -0.3 is 15.6 Å². The fourth-order valence-electron chi connectivity index (χ4n) is 2.19. The molecule has 1 aromatic rings. The molecule has 2 unspecified atom stereocenters. The molecule has 1 heterocycles. The highest BCUT2D eigenvalue weighted by Gasteiger charge is 2.36. The van der Waals surface area contributed by atoms with Gasteiger partial charge >= 0.3 is 0 Å². The van der Waals surface area contributed by atoms with Gasteiger partial charge in [0, 0.05) is 19.1 Å². The minimum atomic E-state index is -0.802. The first-order valence-corrected chi connectivity index (χ1v) is 5.74. The molecular weight excluding hydrogens is 202 g/mol. The summed E-state index contributed by atoms with van der Waals surface area (Å²) < 4.78 is 5.33. The first kappa shape index (κ1) is 11.6. The number of rotatable bonds is 3. The van der Waals surface area contributed by atoms with Gasteiger partial charge in [0.25, 0.3) is 0 Å². The van der Waals surface area contributed by atoms with Crippen LogP contribution in [0.25, 0.3) is 0 Å². The number of hydrogen-bond acceptors (Lipinski definition) is 3. The zero-order chi connectivity index (χ0) is 11.6. The lowest BCUT2D eigenvalue weighted by molar-refractivity contribution is -0.00972. The van der Waals surface area contributed by atoms with Crippen molar-refractivity contribution in [1.82, 2.24) is 0 Å². The van der Waals surface area contributed by atoms with Crippen LogP contribution in [-0.2, 0) is 16.9 Å². The van der Waals surface area contributed by atoms with E-state index in [2.05, 4.69) is 0 Å². The van der Waals surface area contributed by atoms with Gasteiger partial charge in [-0.05, 0) is 24.5 Å². The Labute approximate surface area is 96.2 Å². The molecule has 3 heteroatoms. The van der Waals surface area contributed by atoms with E-state index in [-0.39, 0.29) is 5.92 Å². The third-order valence-corrected chi connectivity index (χ3v) is 3.50. The lowest BCUT2D eigenvalue weighted by atomic mass is 9.82. The van der Waals surface area contributed by atoms with E-state index in [0.29, 0.717) is 13.2 Å². The molecule has 0 spiro atoms. The van der Waals surface area contributed by atoms with Gasteiger partial charge in [0.15, 0.2) is 0 Å². The normalized spacial score (nSPS) is 24.3. The Kier molecular flexibility index (Phi) is 3.28. The van der Waals surface area contributed by atoms with Crippen molar-refractivity contribution in [3.05, 3.63) is 35.4 Å². The largest absolute Gasteiger partial charge is 0.385 e. The van der Waals surface area contributed by atoms with E-state index in [9.17, 15) is 5.11 Å². The molecular formula is C13H19NO2. The first-order chi connectivity index (χ1) is 7.64. The molecule has 0 saturated carbocycles. The van der Waals surface area contributed by atoms with Crippen LogP contribution in [0.2, 0.25) is 0 Å². The molecule has 2 atom stereocenters. The molecule has 0 aromatic heterocycles. The van der Waals surface area contributed by atoms with Crippen LogP contribution < -0.4 is 5.73 Å². The maximum atomic E-state index is 10.5. The predicted molar refractivity (Wildman–Crippen MR) is 62.8 cm³/mol. The van der Waals surface area contributed by atoms with E-state index in [1.165, 1.54) is 0 Å². The molecule has 1 aromatic carbocycles. The molecule has 0 aliphatic carbocycles. The maximum absolute atomic E-state index is 10.5. The summed E-state index contributed by atoms with van der Waals surface area (Å²) in [6, 6.07) is 7.86. The highest BCUT2D eigenvalue weighted by Crippen LogP contribution is 2.34. The van der Waals surface area contributed by atoms with Crippen molar-refractivity contribution >= 4 is 0 Å². The standard InChI is InChI=1S/C13H19NO2/c1-13(15,12-6-7-16-9-12)11-4-2-10(8-14)3-5-11/h2-5,12,15H,6-9,14H2,1H3. The van der Waals surface area contributed by atoms with E-state index < -0.39 is 5.60 Å². The summed E-state index contributed by atoms with van der Waals surface area (Å²) in [5.41, 5.74) is 6.78. The fraction of sp³-hybridized carbons (Fsp3) is 0.538. The highest BCUT2D eigenvalue weighted by molar-refractivity contribution is 5.27. The van der Waals surface area contributed by atoms with E-state index in [1.54, 1.807) is 0 Å². The Balaban J connectivity index is 2.20. The quantitative estimate of drug-likeness (QED) is 0.811. The monoisotopic (exact) mass is 221 g/mol. The SMILES string of the molecule is CC(O)(c1ccc(CN)cc1)C1CCOC1. The van der Waals surface area contributed by atoms with Crippen LogP contribution in [0.3, 0.4) is 0 Å². The molecule has 0 bridgehead atoms. The minimum Gasteiger partial charge on any atom is -0.385 e. The minimum absolute atomic E-state index is 0.191. The van der Waals surface area contributed by atoms with Gasteiger partial charge in [-0.2, -0.15) is 0 Å². The molecule has 2 rings (SSSR count). The van der Waals surface area contributed by atoms with Crippen LogP contribution in [0, 0.1) is 5.92 Å². The Bertz CT molecular complexity index is 339. The maximum Gasteiger partial charge on any atom is 0.0919 e. The van der Waals surface area contributed by atoms with Gasteiger partial charge in [-0.25, -0.2) is 0 Å². The second-order valence-corrected chi connectivity index (χ2v) is 4.61. The first-order valence-electron chi connectivity index (χ1n) is 5.74. The van der Waals surface area contributed by atoms with Crippen molar-refractivity contribution in [3.8, 4) is 0 Å². The van der Waals surface area contributed by atoms with Gasteiger partial charge in [0.05, 0.1) is 12.2 Å². The van der Waals surface area contributed by atoms with Crippen molar-refractivity contribution in [3.63, 3.8) is 0 Å². The van der Waals surface area contributed by atoms with Gasteiger partial charge in [-0.3, -0.25) is 0 Å². The van der Waals surface area contributed by atoms with Crippen molar-refractivity contribution in [2.75, 3.05) is 13.2 Å². The molecule has 3 N–H and O–H groups in total. The molecule has 3 nitrogen and oxygen atoms in total. The molecule has 16 heavy (non-hydrogen) atoms. The van der Waals surface area contributed by atoms with Crippen LogP contribution in [0.4, 0.5) is 0 Å². The summed E-state index contributed by atoms with van der Waals surface area (Å²) in [5.74, 6) is 0.191. The summed E-state index contributed by atoms with van der Waals surface area (Å²) in [6.45, 7) is 3.80. The molecule has 88 valence electrons. The smallest absolute Gasteiger partial charge is 0.0919 e. The Morgan fingerprint density at radius 3 is 2.62 bits per heavy atom. The topological polar surface area (TPSA) is 55.5 Å². The summed E-state index contributed by atoms with van der Waals surface area (Å²) >= 11 is 0. The number of ether oxygens (including phenoxy) is 1. The molecule has 0 amide bonds. The summed E-state index contributed by atoms with van der Waals surface area (Å²) in [7, 11) is 0. The molecule has 0 radical (unpaired) electrons. The van der Waals surface area contributed by atoms with Gasteiger partial charge in [0.1, 0.15) is 0 Å². The van der Waals surface area contributed by atoms with Gasteiger partial charge in [-0.1, -0.05) is 24.3 Å². The van der Waals surface area contributed by atoms with Crippen molar-refractivity contribution < 1.29 is 9.84 Å². The van der Waals surface area contributed by atoms with E-state index in [1.807, 2.05) is 31.2 Å². The predicted octanol–water partition coefficient (Wildman–Crippen LogP) is 1.39. The zero-order valence-electron chi connectivity index (χ0n) is 9.65. The molecule has 1 fully saturated rings. The van der Waals surface area contributed by atoms with Crippen LogP contribution >= 0.6 is 0 Å². The second kappa shape index (κ2) is 4.53. The van der Waals surface area contributed by atoms with Crippen molar-refractivity contribution in [1.29, 1.82) is 0 Å². The van der Waals surface area contributed by atoms with Gasteiger partial charge in [0.2, 0.25) is 0 Å². The highest BCUT2D eigenvalue weighted by atomic mass is 16.5. The average Bonchev–Trinajstić information content (AvgIpc) is 2.83. The lowest BCUT2D eigenvalue weighted by Crippen LogP contribution is -2.32. The van der Waals surface area contributed by atoms with Crippen LogP contribution in [0.5, 0.6) is 0 Å². The van der Waals surface area contributed by atoms with Crippen LogP contribution in [0.1, 0.15) is 24.5 Å². The summed E-state index contributed by atoms with van der Waals surface area (Å²) in [4.78, 5) is 0. The molecule has 1 saturated heterocycles. The van der Waals surface area contributed by atoms with E-state index in [0.717, 1.165) is 24.2 Å². The van der Waals surface area contributed by atoms with Crippen LogP contribution in [-0.4, -0.2) is 18.3 Å². The van der Waals surface area contributed by atoms with Gasteiger partial charge in [-0.15, -0.1) is 0 Å². The molecule has 1 aliphatic heterocycles. The number of hydrogen-bond donors (Lipinski definition) is 2. The Hall–Kier alpha value is -0.900. The Morgan fingerprint density at radius 2 is 2.12 bits per heavy atom. The zero-order valence-corrected chi connectivity index (χ0v) is 9.65. The number of aliphatic hydroxyl groups is 1. The third kappa shape index (κ3) is 2.12. The van der Waals surface area contributed by atoms with E-state index >= 15 is 0 Å². The number of nitrogens with two attached hydrogens (primary N) is 1. The van der Waals surface area contributed by atoms with E-state index in [4.69, 9.17) is 10.5 Å². The average molecular weight is 221 g/mol. The Morgan fingerprint density at radius 1 is 1.44 bits per heavy atom. The van der Waals surface area contributed by atoms with Crippen molar-refractivity contribution in [2.45, 2.75) is 25.5 Å². The molecule has 1 aliphatic rings. The lowest BCUT2D eigenvalue weighted by Gasteiger charge is -2.29. The van der Waals surface area contributed by atoms with Crippen molar-refractivity contribution in [2.24, 2.45) is 11.7 Å². The fourth-order valence-corrected chi connectivity index (χ4v) is 2.19. The van der Waals surface area contributed by atoms with Crippen LogP contribution in [0.15, 0.2) is 24.3 Å².